The second kappa shape index (κ2) is 14.0. The highest BCUT2D eigenvalue weighted by molar-refractivity contribution is 5.25. The van der Waals surface area contributed by atoms with Crippen molar-refractivity contribution in [3.05, 3.63) is 48.0 Å². The van der Waals surface area contributed by atoms with E-state index >= 15 is 0 Å². The summed E-state index contributed by atoms with van der Waals surface area (Å²) in [5.74, 6) is 1.77. The molecule has 0 unspecified atom stereocenters. The summed E-state index contributed by atoms with van der Waals surface area (Å²) in [6.07, 6.45) is 20.4. The number of ether oxygens (including phenoxy) is 1. The molecule has 1 nitrogen and oxygen atoms in total. The van der Waals surface area contributed by atoms with E-state index in [1.165, 1.54) is 94.6 Å². The van der Waals surface area contributed by atoms with Gasteiger partial charge in [0, 0.05) is 0 Å². The molecule has 1 saturated carbocycles. The van der Waals surface area contributed by atoms with Crippen LogP contribution in [0.25, 0.3) is 0 Å². The quantitative estimate of drug-likeness (QED) is 0.237. The minimum absolute atomic E-state index is 0.630. The molecule has 0 heterocycles. The molecule has 1 fully saturated rings. The lowest BCUT2D eigenvalue weighted by molar-refractivity contribution is 0.149. The molecule has 0 aliphatic heterocycles. The minimum Gasteiger partial charge on any atom is -0.373 e. The Hall–Kier alpha value is -1.08. The van der Waals surface area contributed by atoms with Gasteiger partial charge in [-0.3, -0.25) is 0 Å². The Balaban J connectivity index is 1.56. The van der Waals surface area contributed by atoms with E-state index in [0.717, 1.165) is 11.8 Å². The largest absolute Gasteiger partial charge is 0.373 e. The Morgan fingerprint density at radius 2 is 1.52 bits per heavy atom. The lowest BCUT2D eigenvalue weighted by Crippen LogP contribution is -2.13. The number of hydrogen-bond acceptors (Lipinski definition) is 1. The van der Waals surface area contributed by atoms with E-state index in [-0.39, 0.29) is 0 Å². The standard InChI is InChI=1S/C26H42O/c1-3-5-6-7-8-9-10-11-12-23-13-17-25(18-14-23)26-19-15-24(16-20-26)22-27-21-4-2/h4,15-16,19-20,23,25H,2-3,5-14,17-18,21-22H2,1H3/t23-,25-. The number of unbranched alkanes of at least 4 members (excludes halogenated alkanes) is 7. The summed E-state index contributed by atoms with van der Waals surface area (Å²) < 4.78 is 5.53. The fourth-order valence-electron chi connectivity index (χ4n) is 4.50. The average molecular weight is 371 g/mol. The van der Waals surface area contributed by atoms with Gasteiger partial charge in [0.25, 0.3) is 0 Å². The van der Waals surface area contributed by atoms with Gasteiger partial charge >= 0.3 is 0 Å². The number of hydrogen-bond donors (Lipinski definition) is 0. The zero-order valence-corrected chi connectivity index (χ0v) is 17.8. The Kier molecular flexibility index (Phi) is 11.5. The average Bonchev–Trinajstić information content (AvgIpc) is 2.71. The van der Waals surface area contributed by atoms with Crippen LogP contribution in [0.2, 0.25) is 0 Å². The number of rotatable bonds is 14. The summed E-state index contributed by atoms with van der Waals surface area (Å²) in [5, 5.41) is 0. The van der Waals surface area contributed by atoms with Crippen LogP contribution in [0.4, 0.5) is 0 Å². The first kappa shape index (κ1) is 22.2. The van der Waals surface area contributed by atoms with Crippen molar-refractivity contribution in [1.82, 2.24) is 0 Å². The summed E-state index contributed by atoms with van der Waals surface area (Å²) in [5.41, 5.74) is 2.80. The van der Waals surface area contributed by atoms with E-state index in [1.807, 2.05) is 0 Å². The zero-order valence-electron chi connectivity index (χ0n) is 17.8. The first-order valence-electron chi connectivity index (χ1n) is 11.6. The Labute approximate surface area is 168 Å². The highest BCUT2D eigenvalue weighted by atomic mass is 16.5. The Morgan fingerprint density at radius 1 is 0.889 bits per heavy atom. The molecular weight excluding hydrogens is 328 g/mol. The van der Waals surface area contributed by atoms with Gasteiger partial charge in [0.05, 0.1) is 13.2 Å². The molecule has 2 rings (SSSR count). The van der Waals surface area contributed by atoms with E-state index in [1.54, 1.807) is 6.08 Å². The molecule has 0 amide bonds. The molecule has 0 spiro atoms. The molecular formula is C26H42O. The van der Waals surface area contributed by atoms with Crippen LogP contribution >= 0.6 is 0 Å². The molecule has 0 radical (unpaired) electrons. The van der Waals surface area contributed by atoms with Crippen LogP contribution in [0.5, 0.6) is 0 Å². The van der Waals surface area contributed by atoms with E-state index in [0.29, 0.717) is 13.2 Å². The fourth-order valence-corrected chi connectivity index (χ4v) is 4.50. The van der Waals surface area contributed by atoms with E-state index in [2.05, 4.69) is 37.8 Å². The third-order valence-electron chi connectivity index (χ3n) is 6.27. The molecule has 1 heteroatoms. The minimum atomic E-state index is 0.630. The highest BCUT2D eigenvalue weighted by Crippen LogP contribution is 2.37. The Morgan fingerprint density at radius 3 is 2.15 bits per heavy atom. The molecule has 0 saturated heterocycles. The van der Waals surface area contributed by atoms with Crippen molar-refractivity contribution < 1.29 is 4.74 Å². The second-order valence-corrected chi connectivity index (χ2v) is 8.53. The molecule has 1 aromatic rings. The summed E-state index contributed by atoms with van der Waals surface area (Å²) in [6, 6.07) is 9.14. The lowest BCUT2D eigenvalue weighted by atomic mass is 9.77. The normalized spacial score (nSPS) is 19.9. The van der Waals surface area contributed by atoms with Gasteiger partial charge in [-0.05, 0) is 48.6 Å². The van der Waals surface area contributed by atoms with Gasteiger partial charge in [0.2, 0.25) is 0 Å². The molecule has 1 aliphatic carbocycles. The van der Waals surface area contributed by atoms with Crippen LogP contribution in [-0.4, -0.2) is 6.61 Å². The summed E-state index contributed by atoms with van der Waals surface area (Å²) in [7, 11) is 0. The van der Waals surface area contributed by atoms with Crippen molar-refractivity contribution in [3.63, 3.8) is 0 Å². The van der Waals surface area contributed by atoms with Gasteiger partial charge in [0.1, 0.15) is 0 Å². The van der Waals surface area contributed by atoms with Crippen LogP contribution in [0.3, 0.4) is 0 Å². The van der Waals surface area contributed by atoms with Crippen LogP contribution < -0.4 is 0 Å². The van der Waals surface area contributed by atoms with Crippen LogP contribution in [-0.2, 0) is 11.3 Å². The van der Waals surface area contributed by atoms with Gasteiger partial charge in [-0.25, -0.2) is 0 Å². The van der Waals surface area contributed by atoms with Crippen LogP contribution in [0, 0.1) is 5.92 Å². The van der Waals surface area contributed by atoms with E-state index in [9.17, 15) is 0 Å². The van der Waals surface area contributed by atoms with Gasteiger partial charge in [0.15, 0.2) is 0 Å². The summed E-state index contributed by atoms with van der Waals surface area (Å²) in [6.45, 7) is 7.31. The van der Waals surface area contributed by atoms with E-state index < -0.39 is 0 Å². The predicted molar refractivity (Wildman–Crippen MR) is 118 cm³/mol. The summed E-state index contributed by atoms with van der Waals surface area (Å²) >= 11 is 0. The van der Waals surface area contributed by atoms with Crippen molar-refractivity contribution in [3.8, 4) is 0 Å². The maximum Gasteiger partial charge on any atom is 0.0721 e. The lowest BCUT2D eigenvalue weighted by Gasteiger charge is -2.29. The number of benzene rings is 1. The zero-order chi connectivity index (χ0) is 19.2. The SMILES string of the molecule is C=CCOCc1ccc([C@H]2CC[C@H](CCCCCCCCCC)CC2)cc1. The van der Waals surface area contributed by atoms with Crippen LogP contribution in [0.15, 0.2) is 36.9 Å². The van der Waals surface area contributed by atoms with Crippen molar-refractivity contribution in [2.24, 2.45) is 5.92 Å². The molecule has 0 bridgehead atoms. The monoisotopic (exact) mass is 370 g/mol. The maximum atomic E-state index is 5.53. The predicted octanol–water partition coefficient (Wildman–Crippen LogP) is 8.19. The van der Waals surface area contributed by atoms with Crippen molar-refractivity contribution in [2.75, 3.05) is 6.61 Å². The van der Waals surface area contributed by atoms with Gasteiger partial charge in [-0.15, -0.1) is 6.58 Å². The van der Waals surface area contributed by atoms with Crippen molar-refractivity contribution in [2.45, 2.75) is 103 Å². The Bertz CT molecular complexity index is 481. The molecule has 152 valence electrons. The maximum absolute atomic E-state index is 5.53. The second-order valence-electron chi connectivity index (χ2n) is 8.53. The highest BCUT2D eigenvalue weighted by Gasteiger charge is 2.21. The molecule has 1 aromatic carbocycles. The first-order valence-corrected chi connectivity index (χ1v) is 11.6. The van der Waals surface area contributed by atoms with Gasteiger partial charge in [-0.2, -0.15) is 0 Å². The molecule has 0 N–H and O–H groups in total. The third-order valence-corrected chi connectivity index (χ3v) is 6.27. The molecule has 1 aliphatic rings. The van der Waals surface area contributed by atoms with Gasteiger partial charge < -0.3 is 4.74 Å². The summed E-state index contributed by atoms with van der Waals surface area (Å²) in [4.78, 5) is 0. The van der Waals surface area contributed by atoms with Crippen molar-refractivity contribution in [1.29, 1.82) is 0 Å². The van der Waals surface area contributed by atoms with Crippen molar-refractivity contribution >= 4 is 0 Å². The first-order chi connectivity index (χ1) is 13.3. The molecule has 27 heavy (non-hydrogen) atoms. The third kappa shape index (κ3) is 9.10. The fraction of sp³-hybridized carbons (Fsp3) is 0.692. The van der Waals surface area contributed by atoms with Gasteiger partial charge in [-0.1, -0.05) is 95.1 Å². The molecule has 0 atom stereocenters. The topological polar surface area (TPSA) is 9.23 Å². The smallest absolute Gasteiger partial charge is 0.0721 e. The van der Waals surface area contributed by atoms with E-state index in [4.69, 9.17) is 4.74 Å². The molecule has 0 aromatic heterocycles. The van der Waals surface area contributed by atoms with Crippen LogP contribution in [0.1, 0.15) is 107 Å².